The average Bonchev–Trinajstić information content (AvgIpc) is 2.53. The third kappa shape index (κ3) is 5.39. The fraction of sp³-hybridized carbons (Fsp3) is 0.857. The number of thioether (sulfide) groups is 1. The lowest BCUT2D eigenvalue weighted by Gasteiger charge is -2.34. The molecule has 0 aromatic rings. The zero-order chi connectivity index (χ0) is 15.6. The van der Waals surface area contributed by atoms with Crippen LogP contribution in [0.3, 0.4) is 0 Å². The SMILES string of the molecule is CSCCCCCCNC(=O)C1(C(N)=NO)CCOCC1. The molecule has 0 bridgehead atoms. The number of rotatable bonds is 9. The summed E-state index contributed by atoms with van der Waals surface area (Å²) in [5.74, 6) is 1.03. The first-order valence-corrected chi connectivity index (χ1v) is 8.90. The van der Waals surface area contributed by atoms with Crippen molar-refractivity contribution in [1.82, 2.24) is 5.32 Å². The Bertz CT molecular complexity index is 344. The second-order valence-electron chi connectivity index (χ2n) is 5.34. The fourth-order valence-corrected chi connectivity index (χ4v) is 3.00. The zero-order valence-corrected chi connectivity index (χ0v) is 13.6. The van der Waals surface area contributed by atoms with Crippen LogP contribution in [-0.2, 0) is 9.53 Å². The van der Waals surface area contributed by atoms with Gasteiger partial charge in [0.05, 0.1) is 0 Å². The van der Waals surface area contributed by atoms with Crippen molar-refractivity contribution < 1.29 is 14.7 Å². The van der Waals surface area contributed by atoms with Gasteiger partial charge in [0, 0.05) is 19.8 Å². The molecule has 122 valence electrons. The van der Waals surface area contributed by atoms with E-state index in [2.05, 4.69) is 16.7 Å². The maximum Gasteiger partial charge on any atom is 0.234 e. The number of hydrogen-bond donors (Lipinski definition) is 3. The smallest absolute Gasteiger partial charge is 0.234 e. The normalized spacial score (nSPS) is 18.4. The van der Waals surface area contributed by atoms with E-state index in [4.69, 9.17) is 15.7 Å². The maximum absolute atomic E-state index is 12.4. The molecule has 1 aliphatic heterocycles. The molecule has 0 aromatic carbocycles. The van der Waals surface area contributed by atoms with Crippen LogP contribution < -0.4 is 11.1 Å². The van der Waals surface area contributed by atoms with Gasteiger partial charge in [-0.15, -0.1) is 0 Å². The third-order valence-corrected chi connectivity index (χ3v) is 4.64. The van der Waals surface area contributed by atoms with Gasteiger partial charge in [-0.05, 0) is 37.7 Å². The first kappa shape index (κ1) is 18.1. The summed E-state index contributed by atoms with van der Waals surface area (Å²) in [4.78, 5) is 12.4. The number of nitrogens with zero attached hydrogens (tertiary/aromatic N) is 1. The predicted octanol–water partition coefficient (Wildman–Crippen LogP) is 1.57. The molecule has 0 aromatic heterocycles. The first-order valence-electron chi connectivity index (χ1n) is 7.50. The molecule has 1 rings (SSSR count). The van der Waals surface area contributed by atoms with Gasteiger partial charge in [-0.1, -0.05) is 18.0 Å². The lowest BCUT2D eigenvalue weighted by Crippen LogP contribution is -2.52. The minimum Gasteiger partial charge on any atom is -0.409 e. The van der Waals surface area contributed by atoms with Crippen molar-refractivity contribution in [3.63, 3.8) is 0 Å². The summed E-state index contributed by atoms with van der Waals surface area (Å²) in [7, 11) is 0. The van der Waals surface area contributed by atoms with Gasteiger partial charge in [-0.3, -0.25) is 4.79 Å². The molecule has 1 heterocycles. The van der Waals surface area contributed by atoms with Crippen molar-refractivity contribution >= 4 is 23.5 Å². The minimum atomic E-state index is -0.911. The van der Waals surface area contributed by atoms with E-state index in [0.29, 0.717) is 32.6 Å². The van der Waals surface area contributed by atoms with E-state index >= 15 is 0 Å². The van der Waals surface area contributed by atoms with Gasteiger partial charge >= 0.3 is 0 Å². The van der Waals surface area contributed by atoms with Crippen molar-refractivity contribution in [2.75, 3.05) is 31.8 Å². The fourth-order valence-electron chi connectivity index (χ4n) is 2.51. The molecule has 7 heteroatoms. The van der Waals surface area contributed by atoms with Crippen LogP contribution in [0.5, 0.6) is 0 Å². The second-order valence-corrected chi connectivity index (χ2v) is 6.33. The van der Waals surface area contributed by atoms with Crippen LogP contribution in [0.2, 0.25) is 0 Å². The molecule has 0 radical (unpaired) electrons. The number of carbonyl (C=O) groups excluding carboxylic acids is 1. The van der Waals surface area contributed by atoms with Crippen LogP contribution in [0.4, 0.5) is 0 Å². The third-order valence-electron chi connectivity index (χ3n) is 3.94. The topological polar surface area (TPSA) is 96.9 Å². The van der Waals surface area contributed by atoms with E-state index in [0.717, 1.165) is 12.8 Å². The molecule has 0 saturated carbocycles. The molecule has 0 atom stereocenters. The van der Waals surface area contributed by atoms with E-state index in [9.17, 15) is 4.79 Å². The first-order chi connectivity index (χ1) is 10.2. The van der Waals surface area contributed by atoms with Crippen molar-refractivity contribution in [2.24, 2.45) is 16.3 Å². The Morgan fingerprint density at radius 2 is 2.00 bits per heavy atom. The van der Waals surface area contributed by atoms with Gasteiger partial charge in [0.2, 0.25) is 5.91 Å². The summed E-state index contributed by atoms with van der Waals surface area (Å²) >= 11 is 1.86. The van der Waals surface area contributed by atoms with Gasteiger partial charge in [0.15, 0.2) is 5.84 Å². The van der Waals surface area contributed by atoms with Crippen LogP contribution in [0.25, 0.3) is 0 Å². The van der Waals surface area contributed by atoms with Gasteiger partial charge in [-0.25, -0.2) is 0 Å². The summed E-state index contributed by atoms with van der Waals surface area (Å²) in [6.45, 7) is 1.55. The van der Waals surface area contributed by atoms with E-state index < -0.39 is 5.41 Å². The van der Waals surface area contributed by atoms with E-state index in [1.807, 2.05) is 11.8 Å². The lowest BCUT2D eigenvalue weighted by atomic mass is 9.78. The van der Waals surface area contributed by atoms with Crippen molar-refractivity contribution in [2.45, 2.75) is 38.5 Å². The molecule has 0 aliphatic carbocycles. The lowest BCUT2D eigenvalue weighted by molar-refractivity contribution is -0.131. The highest BCUT2D eigenvalue weighted by Gasteiger charge is 2.44. The molecule has 0 spiro atoms. The van der Waals surface area contributed by atoms with Crippen molar-refractivity contribution in [3.05, 3.63) is 0 Å². The number of carbonyl (C=O) groups is 1. The molecule has 1 amide bonds. The van der Waals surface area contributed by atoms with Gasteiger partial charge in [0.25, 0.3) is 0 Å². The number of unbranched alkanes of at least 4 members (excludes halogenated alkanes) is 3. The Morgan fingerprint density at radius 1 is 1.33 bits per heavy atom. The van der Waals surface area contributed by atoms with Crippen LogP contribution in [0.15, 0.2) is 5.16 Å². The number of amides is 1. The largest absolute Gasteiger partial charge is 0.409 e. The monoisotopic (exact) mass is 317 g/mol. The van der Waals surface area contributed by atoms with Gasteiger partial charge in [-0.2, -0.15) is 11.8 Å². The number of ether oxygens (including phenoxy) is 1. The number of oxime groups is 1. The number of nitrogens with two attached hydrogens (primary N) is 1. The molecule has 0 unspecified atom stereocenters. The molecule has 1 saturated heterocycles. The van der Waals surface area contributed by atoms with E-state index in [1.54, 1.807) is 0 Å². The zero-order valence-electron chi connectivity index (χ0n) is 12.8. The van der Waals surface area contributed by atoms with Crippen LogP contribution in [-0.4, -0.2) is 48.7 Å². The van der Waals surface area contributed by atoms with Crippen LogP contribution >= 0.6 is 11.8 Å². The minimum absolute atomic E-state index is 0.0109. The maximum atomic E-state index is 12.4. The molecule has 6 nitrogen and oxygen atoms in total. The Morgan fingerprint density at radius 3 is 2.62 bits per heavy atom. The Hall–Kier alpha value is -0.950. The molecule has 4 N–H and O–H groups in total. The summed E-state index contributed by atoms with van der Waals surface area (Å²) in [5.41, 5.74) is 4.84. The predicted molar refractivity (Wildman–Crippen MR) is 85.8 cm³/mol. The van der Waals surface area contributed by atoms with Gasteiger partial charge < -0.3 is 21.0 Å². The number of nitrogens with one attached hydrogen (secondary N) is 1. The summed E-state index contributed by atoms with van der Waals surface area (Å²) in [5, 5.41) is 14.9. The van der Waals surface area contributed by atoms with Crippen molar-refractivity contribution in [1.29, 1.82) is 0 Å². The highest BCUT2D eigenvalue weighted by Crippen LogP contribution is 2.31. The van der Waals surface area contributed by atoms with Crippen molar-refractivity contribution in [3.8, 4) is 0 Å². The highest BCUT2D eigenvalue weighted by molar-refractivity contribution is 7.98. The second kappa shape index (κ2) is 9.89. The highest BCUT2D eigenvalue weighted by atomic mass is 32.2. The molecular formula is C14H27N3O3S. The van der Waals surface area contributed by atoms with E-state index in [1.165, 1.54) is 18.6 Å². The van der Waals surface area contributed by atoms with Gasteiger partial charge in [0.1, 0.15) is 5.41 Å². The number of amidine groups is 1. The molecular weight excluding hydrogens is 290 g/mol. The Kier molecular flexibility index (Phi) is 8.52. The van der Waals surface area contributed by atoms with E-state index in [-0.39, 0.29) is 11.7 Å². The summed E-state index contributed by atoms with van der Waals surface area (Å²) < 4.78 is 5.28. The molecule has 1 aliphatic rings. The quantitative estimate of drug-likeness (QED) is 0.197. The standard InChI is InChI=1S/C14H27N3O3S/c1-21-11-5-3-2-4-8-16-13(18)14(12(15)17-19)6-9-20-10-7-14/h19H,2-11H2,1H3,(H2,15,17)(H,16,18). The Labute approximate surface area is 130 Å². The molecule has 1 fully saturated rings. The molecule has 21 heavy (non-hydrogen) atoms. The summed E-state index contributed by atoms with van der Waals surface area (Å²) in [6.07, 6.45) is 7.52. The average molecular weight is 317 g/mol. The summed E-state index contributed by atoms with van der Waals surface area (Å²) in [6, 6.07) is 0. The van der Waals surface area contributed by atoms with Crippen LogP contribution in [0.1, 0.15) is 38.5 Å². The number of hydrogen-bond acceptors (Lipinski definition) is 5. The van der Waals surface area contributed by atoms with Crippen LogP contribution in [0, 0.1) is 5.41 Å². The Balaban J connectivity index is 2.37.